The molecular formula is C21H21BrN2O4. The van der Waals surface area contributed by atoms with Crippen molar-refractivity contribution in [2.75, 3.05) is 6.61 Å². The first kappa shape index (κ1) is 20.1. The summed E-state index contributed by atoms with van der Waals surface area (Å²) in [5.41, 5.74) is 8.22. The molecule has 146 valence electrons. The SMILES string of the molecule is NC(=O)Cc1c(Br)n(Cc2ccccc2)c2ccc(OC(=O)CCCO)cc12. The Kier molecular flexibility index (Phi) is 6.49. The fourth-order valence-electron chi connectivity index (χ4n) is 3.10. The molecule has 28 heavy (non-hydrogen) atoms. The molecule has 0 bridgehead atoms. The molecule has 0 saturated heterocycles. The Hall–Kier alpha value is -2.64. The highest BCUT2D eigenvalue weighted by atomic mass is 79.9. The average Bonchev–Trinajstić information content (AvgIpc) is 2.92. The molecule has 1 heterocycles. The van der Waals surface area contributed by atoms with Crippen LogP contribution in [-0.2, 0) is 22.6 Å². The van der Waals surface area contributed by atoms with Crippen LogP contribution >= 0.6 is 15.9 Å². The summed E-state index contributed by atoms with van der Waals surface area (Å²) in [5.74, 6) is -0.456. The maximum absolute atomic E-state index is 11.9. The normalized spacial score (nSPS) is 10.9. The molecule has 3 aromatic rings. The smallest absolute Gasteiger partial charge is 0.311 e. The Labute approximate surface area is 171 Å². The van der Waals surface area contributed by atoms with Crippen molar-refractivity contribution >= 4 is 38.7 Å². The third kappa shape index (κ3) is 4.61. The van der Waals surface area contributed by atoms with Gasteiger partial charge in [-0.3, -0.25) is 9.59 Å². The number of halogens is 1. The minimum atomic E-state index is -0.440. The van der Waals surface area contributed by atoms with E-state index in [-0.39, 0.29) is 19.4 Å². The monoisotopic (exact) mass is 444 g/mol. The van der Waals surface area contributed by atoms with Gasteiger partial charge in [0.2, 0.25) is 5.91 Å². The summed E-state index contributed by atoms with van der Waals surface area (Å²) in [7, 11) is 0. The summed E-state index contributed by atoms with van der Waals surface area (Å²) in [6.07, 6.45) is 0.565. The summed E-state index contributed by atoms with van der Waals surface area (Å²) in [4.78, 5) is 23.5. The third-order valence-corrected chi connectivity index (χ3v) is 5.28. The first-order valence-electron chi connectivity index (χ1n) is 8.94. The largest absolute Gasteiger partial charge is 0.427 e. The number of nitrogens with two attached hydrogens (primary N) is 1. The first-order chi connectivity index (χ1) is 13.5. The van der Waals surface area contributed by atoms with Crippen molar-refractivity contribution in [2.24, 2.45) is 5.73 Å². The van der Waals surface area contributed by atoms with Crippen LogP contribution in [0, 0.1) is 0 Å². The minimum absolute atomic E-state index is 0.0633. The van der Waals surface area contributed by atoms with Gasteiger partial charge in [0, 0.05) is 36.0 Å². The molecule has 0 spiro atoms. The number of rotatable bonds is 8. The zero-order valence-electron chi connectivity index (χ0n) is 15.2. The van der Waals surface area contributed by atoms with Crippen LogP contribution in [0.2, 0.25) is 0 Å². The van der Waals surface area contributed by atoms with E-state index in [4.69, 9.17) is 15.6 Å². The molecule has 2 aromatic carbocycles. The predicted octanol–water partition coefficient (Wildman–Crippen LogP) is 3.16. The minimum Gasteiger partial charge on any atom is -0.427 e. The molecule has 0 aliphatic rings. The number of aliphatic hydroxyl groups excluding tert-OH is 1. The molecule has 3 N–H and O–H groups in total. The number of benzene rings is 2. The number of hydrogen-bond acceptors (Lipinski definition) is 4. The van der Waals surface area contributed by atoms with E-state index in [1.807, 2.05) is 36.4 Å². The van der Waals surface area contributed by atoms with Crippen LogP contribution in [0.25, 0.3) is 10.9 Å². The summed E-state index contributed by atoms with van der Waals surface area (Å²) in [6, 6.07) is 15.3. The van der Waals surface area contributed by atoms with Gasteiger partial charge >= 0.3 is 5.97 Å². The van der Waals surface area contributed by atoms with E-state index in [9.17, 15) is 9.59 Å². The summed E-state index contributed by atoms with van der Waals surface area (Å²) < 4.78 is 8.19. The predicted molar refractivity (Wildman–Crippen MR) is 110 cm³/mol. The van der Waals surface area contributed by atoms with E-state index in [0.29, 0.717) is 18.7 Å². The fraction of sp³-hybridized carbons (Fsp3) is 0.238. The second-order valence-electron chi connectivity index (χ2n) is 6.46. The second-order valence-corrected chi connectivity index (χ2v) is 7.22. The topological polar surface area (TPSA) is 94.5 Å². The van der Waals surface area contributed by atoms with Crippen LogP contribution in [0.1, 0.15) is 24.0 Å². The standard InChI is InChI=1S/C21H21BrN2O4/c22-21-17(12-19(23)26)16-11-15(28-20(27)7-4-10-25)8-9-18(16)24(21)13-14-5-2-1-3-6-14/h1-3,5-6,8-9,11,25H,4,7,10,12-13H2,(H2,23,26). The Balaban J connectivity index is 2.01. The first-order valence-corrected chi connectivity index (χ1v) is 9.73. The van der Waals surface area contributed by atoms with Gasteiger partial charge in [0.1, 0.15) is 5.75 Å². The van der Waals surface area contributed by atoms with E-state index < -0.39 is 11.9 Å². The Bertz CT molecular complexity index is 999. The van der Waals surface area contributed by atoms with Gasteiger partial charge in [-0.2, -0.15) is 0 Å². The van der Waals surface area contributed by atoms with Gasteiger partial charge < -0.3 is 20.1 Å². The molecule has 0 atom stereocenters. The maximum atomic E-state index is 11.9. The van der Waals surface area contributed by atoms with E-state index in [0.717, 1.165) is 26.6 Å². The number of esters is 1. The lowest BCUT2D eigenvalue weighted by atomic mass is 10.1. The van der Waals surface area contributed by atoms with Gasteiger partial charge in [0.05, 0.1) is 11.0 Å². The number of nitrogens with zero attached hydrogens (tertiary/aromatic N) is 1. The lowest BCUT2D eigenvalue weighted by Gasteiger charge is -2.08. The van der Waals surface area contributed by atoms with Gasteiger partial charge in [0.25, 0.3) is 0 Å². The van der Waals surface area contributed by atoms with Crippen LogP contribution in [0.3, 0.4) is 0 Å². The highest BCUT2D eigenvalue weighted by Gasteiger charge is 2.18. The van der Waals surface area contributed by atoms with Gasteiger partial charge in [-0.1, -0.05) is 30.3 Å². The van der Waals surface area contributed by atoms with Crippen LogP contribution < -0.4 is 10.5 Å². The van der Waals surface area contributed by atoms with Gasteiger partial charge in [-0.25, -0.2) is 0 Å². The highest BCUT2D eigenvalue weighted by Crippen LogP contribution is 2.34. The lowest BCUT2D eigenvalue weighted by molar-refractivity contribution is -0.134. The average molecular weight is 445 g/mol. The van der Waals surface area contributed by atoms with E-state index >= 15 is 0 Å². The van der Waals surface area contributed by atoms with Crippen molar-refractivity contribution in [3.05, 3.63) is 64.3 Å². The van der Waals surface area contributed by atoms with Gasteiger partial charge in [0.15, 0.2) is 0 Å². The quantitative estimate of drug-likeness (QED) is 0.412. The van der Waals surface area contributed by atoms with Crippen molar-refractivity contribution in [1.82, 2.24) is 4.57 Å². The Morgan fingerprint density at radius 3 is 2.57 bits per heavy atom. The zero-order chi connectivity index (χ0) is 20.1. The number of fused-ring (bicyclic) bond motifs is 1. The molecule has 0 fully saturated rings. The van der Waals surface area contributed by atoms with Crippen LogP contribution in [0.15, 0.2) is 53.1 Å². The molecule has 7 heteroatoms. The number of primary amides is 1. The Morgan fingerprint density at radius 1 is 1.14 bits per heavy atom. The van der Waals surface area contributed by atoms with Crippen molar-refractivity contribution in [2.45, 2.75) is 25.8 Å². The molecule has 6 nitrogen and oxygen atoms in total. The van der Waals surface area contributed by atoms with Crippen molar-refractivity contribution in [3.8, 4) is 5.75 Å². The molecule has 0 saturated carbocycles. The zero-order valence-corrected chi connectivity index (χ0v) is 16.8. The molecule has 0 unspecified atom stereocenters. The van der Waals surface area contributed by atoms with Crippen LogP contribution in [0.4, 0.5) is 0 Å². The fourth-order valence-corrected chi connectivity index (χ4v) is 3.77. The number of amides is 1. The van der Waals surface area contributed by atoms with Crippen LogP contribution in [0.5, 0.6) is 5.75 Å². The van der Waals surface area contributed by atoms with Crippen molar-refractivity contribution in [1.29, 1.82) is 0 Å². The maximum Gasteiger partial charge on any atom is 0.311 e. The summed E-state index contributed by atoms with van der Waals surface area (Å²) in [5, 5.41) is 9.64. The Morgan fingerprint density at radius 2 is 1.89 bits per heavy atom. The second kappa shape index (κ2) is 9.03. The van der Waals surface area contributed by atoms with E-state index in [1.54, 1.807) is 12.1 Å². The summed E-state index contributed by atoms with van der Waals surface area (Å²) >= 11 is 3.61. The van der Waals surface area contributed by atoms with Crippen LogP contribution in [-0.4, -0.2) is 28.2 Å². The molecule has 1 aromatic heterocycles. The van der Waals surface area contributed by atoms with Gasteiger partial charge in [-0.05, 0) is 46.1 Å². The number of ether oxygens (including phenoxy) is 1. The molecule has 0 aliphatic carbocycles. The molecule has 0 radical (unpaired) electrons. The number of aromatic nitrogens is 1. The number of carbonyl (C=O) groups excluding carboxylic acids is 2. The van der Waals surface area contributed by atoms with E-state index in [1.165, 1.54) is 0 Å². The number of aliphatic hydroxyl groups is 1. The number of carbonyl (C=O) groups is 2. The summed E-state index contributed by atoms with van der Waals surface area (Å²) in [6.45, 7) is 0.554. The molecule has 1 amide bonds. The molecular weight excluding hydrogens is 424 g/mol. The lowest BCUT2D eigenvalue weighted by Crippen LogP contribution is -2.14. The molecule has 0 aliphatic heterocycles. The third-order valence-electron chi connectivity index (χ3n) is 4.38. The highest BCUT2D eigenvalue weighted by molar-refractivity contribution is 9.10. The van der Waals surface area contributed by atoms with Crippen molar-refractivity contribution < 1.29 is 19.4 Å². The number of hydrogen-bond donors (Lipinski definition) is 2. The van der Waals surface area contributed by atoms with Gasteiger partial charge in [-0.15, -0.1) is 0 Å². The molecule has 3 rings (SSSR count). The van der Waals surface area contributed by atoms with E-state index in [2.05, 4.69) is 20.5 Å². The van der Waals surface area contributed by atoms with Crippen molar-refractivity contribution in [3.63, 3.8) is 0 Å².